The number of methoxy groups -OCH3 is 1. The van der Waals surface area contributed by atoms with E-state index in [1.165, 1.54) is 0 Å². The molecule has 21 heavy (non-hydrogen) atoms. The number of rotatable bonds is 3. The molecule has 0 fully saturated rings. The molecule has 6 heteroatoms. The van der Waals surface area contributed by atoms with Crippen LogP contribution >= 0.6 is 0 Å². The smallest absolute Gasteiger partial charge is 0.297 e. The predicted molar refractivity (Wildman–Crippen MR) is 76.8 cm³/mol. The molecule has 0 N–H and O–H groups in total. The van der Waals surface area contributed by atoms with Gasteiger partial charge in [0.05, 0.1) is 12.8 Å². The molecule has 0 unspecified atom stereocenters. The van der Waals surface area contributed by atoms with Crippen molar-refractivity contribution in [3.63, 3.8) is 0 Å². The second kappa shape index (κ2) is 5.20. The lowest BCUT2D eigenvalue weighted by molar-refractivity contribution is 0.0959. The van der Waals surface area contributed by atoms with Crippen LogP contribution < -0.4 is 9.64 Å². The molecule has 1 amide bonds. The molecule has 0 aliphatic carbocycles. The first-order valence-corrected chi connectivity index (χ1v) is 6.96. The Bertz CT molecular complexity index is 693. The van der Waals surface area contributed by atoms with Gasteiger partial charge in [-0.25, -0.2) is 4.98 Å². The third-order valence-corrected chi connectivity index (χ3v) is 3.58. The van der Waals surface area contributed by atoms with Gasteiger partial charge in [0, 0.05) is 19.0 Å². The lowest BCUT2D eigenvalue weighted by atomic mass is 10.2. The van der Waals surface area contributed by atoms with E-state index in [0.717, 1.165) is 12.0 Å². The number of carbonyl (C=O) groups excluding carboxylic acids is 1. The van der Waals surface area contributed by atoms with Crippen molar-refractivity contribution in [3.05, 3.63) is 35.0 Å². The molecule has 0 atom stereocenters. The Labute approximate surface area is 122 Å². The molecule has 0 saturated carbocycles. The Balaban J connectivity index is 1.96. The molecular formula is C15H17N3O3. The Morgan fingerprint density at radius 1 is 1.43 bits per heavy atom. The zero-order valence-electron chi connectivity index (χ0n) is 12.3. The minimum absolute atomic E-state index is 0.195. The number of aromatic nitrogens is 2. The second-order valence-corrected chi connectivity index (χ2v) is 4.92. The highest BCUT2D eigenvalue weighted by atomic mass is 16.5. The highest BCUT2D eigenvalue weighted by Crippen LogP contribution is 2.30. The van der Waals surface area contributed by atoms with Gasteiger partial charge in [-0.1, -0.05) is 6.92 Å². The Hall–Kier alpha value is -2.37. The Morgan fingerprint density at radius 2 is 2.24 bits per heavy atom. The molecule has 0 bridgehead atoms. The number of pyridine rings is 1. The van der Waals surface area contributed by atoms with E-state index < -0.39 is 0 Å². The summed E-state index contributed by atoms with van der Waals surface area (Å²) in [4.78, 5) is 22.9. The number of hydrogen-bond acceptors (Lipinski definition) is 5. The monoisotopic (exact) mass is 287 g/mol. The molecule has 3 rings (SSSR count). The fraction of sp³-hybridized carbons (Fsp3) is 0.400. The summed E-state index contributed by atoms with van der Waals surface area (Å²) < 4.78 is 10.7. The normalized spacial score (nSPS) is 13.4. The fourth-order valence-corrected chi connectivity index (χ4v) is 2.46. The minimum atomic E-state index is -0.195. The first-order chi connectivity index (χ1) is 10.1. The van der Waals surface area contributed by atoms with Crippen LogP contribution in [-0.2, 0) is 12.8 Å². The van der Waals surface area contributed by atoms with E-state index in [0.29, 0.717) is 42.0 Å². The fourth-order valence-electron chi connectivity index (χ4n) is 2.46. The van der Waals surface area contributed by atoms with Crippen molar-refractivity contribution >= 4 is 11.7 Å². The van der Waals surface area contributed by atoms with Crippen molar-refractivity contribution in [2.45, 2.75) is 26.7 Å². The molecule has 0 saturated heterocycles. The third-order valence-electron chi connectivity index (χ3n) is 3.58. The topological polar surface area (TPSA) is 68.5 Å². The Morgan fingerprint density at radius 3 is 2.90 bits per heavy atom. The number of fused-ring (bicyclic) bond motifs is 1. The number of carbonyl (C=O) groups is 1. The van der Waals surface area contributed by atoms with Crippen LogP contribution in [0.2, 0.25) is 0 Å². The number of oxazole rings is 1. The molecule has 3 heterocycles. The number of anilines is 1. The molecule has 1 aliphatic rings. The van der Waals surface area contributed by atoms with E-state index in [1.54, 1.807) is 18.9 Å². The van der Waals surface area contributed by atoms with Crippen LogP contribution in [0.5, 0.6) is 5.88 Å². The van der Waals surface area contributed by atoms with E-state index in [9.17, 15) is 4.79 Å². The van der Waals surface area contributed by atoms with Crippen molar-refractivity contribution in [2.75, 3.05) is 18.6 Å². The number of amides is 1. The summed E-state index contributed by atoms with van der Waals surface area (Å²) in [5, 5.41) is 0. The zero-order valence-corrected chi connectivity index (χ0v) is 12.3. The standard InChI is InChI=1S/C15H17N3O3/c1-4-11-16-9(2)13(21-11)15(19)18-8-7-10-5-6-12(20-3)17-14(10)18/h5-6H,4,7-8H2,1-3H3. The lowest BCUT2D eigenvalue weighted by Gasteiger charge is -2.15. The van der Waals surface area contributed by atoms with Crippen molar-refractivity contribution in [2.24, 2.45) is 0 Å². The summed E-state index contributed by atoms with van der Waals surface area (Å²) >= 11 is 0. The summed E-state index contributed by atoms with van der Waals surface area (Å²) in [6, 6.07) is 3.75. The first kappa shape index (κ1) is 13.6. The average molecular weight is 287 g/mol. The van der Waals surface area contributed by atoms with Crippen LogP contribution in [0, 0.1) is 6.92 Å². The van der Waals surface area contributed by atoms with E-state index >= 15 is 0 Å². The minimum Gasteiger partial charge on any atom is -0.481 e. The largest absolute Gasteiger partial charge is 0.481 e. The first-order valence-electron chi connectivity index (χ1n) is 6.96. The van der Waals surface area contributed by atoms with Gasteiger partial charge in [0.1, 0.15) is 5.82 Å². The predicted octanol–water partition coefficient (Wildman–Crippen LogP) is 2.15. The van der Waals surface area contributed by atoms with Gasteiger partial charge in [-0.05, 0) is 25.0 Å². The quantitative estimate of drug-likeness (QED) is 0.865. The highest BCUT2D eigenvalue weighted by molar-refractivity contribution is 6.05. The van der Waals surface area contributed by atoms with Crippen LogP contribution in [0.25, 0.3) is 0 Å². The molecule has 1 aliphatic heterocycles. The molecule has 0 radical (unpaired) electrons. The van der Waals surface area contributed by atoms with Gasteiger partial charge >= 0.3 is 0 Å². The molecule has 0 aromatic carbocycles. The molecule has 0 spiro atoms. The average Bonchev–Trinajstić information content (AvgIpc) is 3.09. The lowest BCUT2D eigenvalue weighted by Crippen LogP contribution is -2.29. The maximum Gasteiger partial charge on any atom is 0.297 e. The van der Waals surface area contributed by atoms with Crippen molar-refractivity contribution in [1.29, 1.82) is 0 Å². The Kier molecular flexibility index (Phi) is 3.37. The number of ether oxygens (including phenoxy) is 1. The number of aryl methyl sites for hydroxylation is 2. The summed E-state index contributed by atoms with van der Waals surface area (Å²) in [6.07, 6.45) is 1.45. The second-order valence-electron chi connectivity index (χ2n) is 4.92. The van der Waals surface area contributed by atoms with Gasteiger partial charge < -0.3 is 9.15 Å². The number of nitrogens with zero attached hydrogens (tertiary/aromatic N) is 3. The van der Waals surface area contributed by atoms with Gasteiger partial charge in [-0.3, -0.25) is 9.69 Å². The maximum atomic E-state index is 12.7. The zero-order chi connectivity index (χ0) is 15.0. The van der Waals surface area contributed by atoms with Crippen LogP contribution in [0.15, 0.2) is 16.5 Å². The van der Waals surface area contributed by atoms with Crippen LogP contribution in [0.3, 0.4) is 0 Å². The van der Waals surface area contributed by atoms with Crippen molar-refractivity contribution in [1.82, 2.24) is 9.97 Å². The molecular weight excluding hydrogens is 270 g/mol. The van der Waals surface area contributed by atoms with E-state index in [4.69, 9.17) is 9.15 Å². The third kappa shape index (κ3) is 2.26. The summed E-state index contributed by atoms with van der Waals surface area (Å²) in [7, 11) is 1.56. The van der Waals surface area contributed by atoms with Gasteiger partial charge in [-0.15, -0.1) is 0 Å². The molecule has 2 aromatic heterocycles. The van der Waals surface area contributed by atoms with Crippen molar-refractivity contribution in [3.8, 4) is 5.88 Å². The molecule has 2 aromatic rings. The van der Waals surface area contributed by atoms with E-state index in [1.807, 2.05) is 19.1 Å². The molecule has 110 valence electrons. The SMILES string of the molecule is CCc1nc(C)c(C(=O)N2CCc3ccc(OC)nc32)o1. The van der Waals surface area contributed by atoms with Gasteiger partial charge in [0.2, 0.25) is 11.6 Å². The summed E-state index contributed by atoms with van der Waals surface area (Å²) in [6.45, 7) is 4.32. The number of hydrogen-bond donors (Lipinski definition) is 0. The summed E-state index contributed by atoms with van der Waals surface area (Å²) in [5.74, 6) is 1.82. The van der Waals surface area contributed by atoms with Crippen LogP contribution in [-0.4, -0.2) is 29.5 Å². The van der Waals surface area contributed by atoms with Crippen molar-refractivity contribution < 1.29 is 13.9 Å². The van der Waals surface area contributed by atoms with E-state index in [-0.39, 0.29) is 5.91 Å². The molecule has 6 nitrogen and oxygen atoms in total. The summed E-state index contributed by atoms with van der Waals surface area (Å²) in [5.41, 5.74) is 1.66. The maximum absolute atomic E-state index is 12.7. The van der Waals surface area contributed by atoms with Gasteiger partial charge in [0.15, 0.2) is 5.89 Å². The van der Waals surface area contributed by atoms with E-state index in [2.05, 4.69) is 9.97 Å². The van der Waals surface area contributed by atoms with Crippen LogP contribution in [0.4, 0.5) is 5.82 Å². The van der Waals surface area contributed by atoms with Gasteiger partial charge in [-0.2, -0.15) is 4.98 Å². The highest BCUT2D eigenvalue weighted by Gasteiger charge is 2.31. The van der Waals surface area contributed by atoms with Gasteiger partial charge in [0.25, 0.3) is 5.91 Å². The van der Waals surface area contributed by atoms with Crippen LogP contribution in [0.1, 0.15) is 34.6 Å².